The molecule has 1 aromatic carbocycles. The number of nitriles is 1. The summed E-state index contributed by atoms with van der Waals surface area (Å²) < 4.78 is 5.30. The largest absolute Gasteiger partial charge is 0.495 e. The molecule has 112 valence electrons. The van der Waals surface area contributed by atoms with E-state index in [2.05, 4.69) is 10.5 Å². The van der Waals surface area contributed by atoms with Gasteiger partial charge in [0.1, 0.15) is 5.75 Å². The van der Waals surface area contributed by atoms with Crippen molar-refractivity contribution in [1.29, 1.82) is 5.26 Å². The van der Waals surface area contributed by atoms with Gasteiger partial charge in [-0.1, -0.05) is 23.9 Å². The molecule has 2 heterocycles. The molecule has 1 amide bonds. The van der Waals surface area contributed by atoms with Crippen molar-refractivity contribution < 1.29 is 9.53 Å². The van der Waals surface area contributed by atoms with Gasteiger partial charge in [-0.3, -0.25) is 20.0 Å². The normalized spacial score (nSPS) is 19.4. The minimum atomic E-state index is -0.601. The van der Waals surface area contributed by atoms with Crippen molar-refractivity contribution in [3.63, 3.8) is 0 Å². The monoisotopic (exact) mass is 315 g/mol. The molecule has 0 radical (unpaired) electrons. The average molecular weight is 315 g/mol. The maximum absolute atomic E-state index is 12.7. The molecule has 3 rings (SSSR count). The molecule has 0 fully saturated rings. The number of nitrogens with one attached hydrogen (secondary N) is 1. The number of amides is 1. The van der Waals surface area contributed by atoms with Gasteiger partial charge < -0.3 is 4.74 Å². The Morgan fingerprint density at radius 3 is 3.05 bits per heavy atom. The van der Waals surface area contributed by atoms with Crippen molar-refractivity contribution in [3.8, 4) is 11.8 Å². The Morgan fingerprint density at radius 1 is 1.45 bits per heavy atom. The summed E-state index contributed by atoms with van der Waals surface area (Å²) in [4.78, 5) is 15.9. The van der Waals surface area contributed by atoms with Crippen LogP contribution >= 0.6 is 11.8 Å². The van der Waals surface area contributed by atoms with E-state index in [1.165, 1.54) is 16.7 Å². The minimum absolute atomic E-state index is 0.164. The van der Waals surface area contributed by atoms with E-state index in [0.29, 0.717) is 16.6 Å². The molecular weight excluding hydrogens is 302 g/mol. The zero-order chi connectivity index (χ0) is 15.5. The van der Waals surface area contributed by atoms with Gasteiger partial charge in [-0.2, -0.15) is 10.4 Å². The minimum Gasteiger partial charge on any atom is -0.495 e. The molecule has 1 unspecified atom stereocenters. The highest BCUT2D eigenvalue weighted by atomic mass is 32.2. The van der Waals surface area contributed by atoms with Gasteiger partial charge in [0.05, 0.1) is 24.6 Å². The molecule has 0 saturated heterocycles. The summed E-state index contributed by atoms with van der Waals surface area (Å²) in [6, 6.07) is 9.35. The number of nitrogens with zero attached hydrogens (tertiary/aromatic N) is 4. The van der Waals surface area contributed by atoms with Crippen LogP contribution in [0.3, 0.4) is 0 Å². The Morgan fingerprint density at radius 2 is 2.27 bits per heavy atom. The molecule has 0 aromatic heterocycles. The maximum Gasteiger partial charge on any atom is 0.276 e. The molecule has 0 saturated carbocycles. The third-order valence-corrected chi connectivity index (χ3v) is 4.07. The number of rotatable bonds is 3. The number of anilines is 1. The number of hydrogen-bond donors (Lipinski definition) is 1. The number of thioether (sulfide) groups is 1. The highest BCUT2D eigenvalue weighted by Gasteiger charge is 2.38. The van der Waals surface area contributed by atoms with Crippen LogP contribution in [-0.4, -0.2) is 35.0 Å². The van der Waals surface area contributed by atoms with E-state index in [9.17, 15) is 4.79 Å². The molecule has 0 bridgehead atoms. The highest BCUT2D eigenvalue weighted by molar-refractivity contribution is 8.14. The Labute approximate surface area is 131 Å². The second-order valence-electron chi connectivity index (χ2n) is 4.46. The van der Waals surface area contributed by atoms with Crippen LogP contribution in [0.25, 0.3) is 0 Å². The molecule has 0 spiro atoms. The van der Waals surface area contributed by atoms with Crippen molar-refractivity contribution >= 4 is 28.5 Å². The summed E-state index contributed by atoms with van der Waals surface area (Å²) in [7, 11) is 1.57. The van der Waals surface area contributed by atoms with Gasteiger partial charge in [-0.25, -0.2) is 0 Å². The van der Waals surface area contributed by atoms with Gasteiger partial charge >= 0.3 is 0 Å². The van der Waals surface area contributed by atoms with Crippen LogP contribution in [0.2, 0.25) is 0 Å². The quantitative estimate of drug-likeness (QED) is 0.905. The van der Waals surface area contributed by atoms with E-state index in [1.54, 1.807) is 30.5 Å². The standard InChI is InChI=1S/C14H13N5O2S/c1-21-11-5-3-2-4-10(11)18-7-8-19-12(13(18)20)16-17-14(19)22-9-6-15/h2-5,7-8,12,16H,9H2,1H3. The van der Waals surface area contributed by atoms with Crippen LogP contribution < -0.4 is 15.1 Å². The van der Waals surface area contributed by atoms with Crippen LogP contribution in [0.5, 0.6) is 5.75 Å². The number of amidine groups is 1. The van der Waals surface area contributed by atoms with Gasteiger partial charge in [0, 0.05) is 12.4 Å². The number of hydrazone groups is 1. The molecule has 22 heavy (non-hydrogen) atoms. The predicted molar refractivity (Wildman–Crippen MR) is 83.9 cm³/mol. The number of fused-ring (bicyclic) bond motifs is 1. The van der Waals surface area contributed by atoms with Crippen LogP contribution in [0.4, 0.5) is 5.69 Å². The third-order valence-electron chi connectivity index (χ3n) is 3.24. The second kappa shape index (κ2) is 5.99. The van der Waals surface area contributed by atoms with Gasteiger partial charge in [-0.05, 0) is 12.1 Å². The summed E-state index contributed by atoms with van der Waals surface area (Å²) in [5.74, 6) is 0.734. The van der Waals surface area contributed by atoms with Crippen molar-refractivity contribution in [1.82, 2.24) is 10.3 Å². The van der Waals surface area contributed by atoms with E-state index in [0.717, 1.165) is 0 Å². The summed E-state index contributed by atoms with van der Waals surface area (Å²) >= 11 is 1.28. The lowest BCUT2D eigenvalue weighted by molar-refractivity contribution is -0.122. The molecule has 8 heteroatoms. The number of carbonyl (C=O) groups excluding carboxylic acids is 1. The van der Waals surface area contributed by atoms with Crippen LogP contribution in [-0.2, 0) is 4.79 Å². The predicted octanol–water partition coefficient (Wildman–Crippen LogP) is 1.27. The fraction of sp³-hybridized carbons (Fsp3) is 0.214. The lowest BCUT2D eigenvalue weighted by Crippen LogP contribution is -2.52. The maximum atomic E-state index is 12.7. The first-order valence-electron chi connectivity index (χ1n) is 6.52. The zero-order valence-corrected chi connectivity index (χ0v) is 12.6. The zero-order valence-electron chi connectivity index (χ0n) is 11.8. The van der Waals surface area contributed by atoms with Crippen molar-refractivity contribution in [3.05, 3.63) is 36.7 Å². The topological polar surface area (TPSA) is 81.0 Å². The third kappa shape index (κ3) is 2.35. The molecule has 1 atom stereocenters. The first kappa shape index (κ1) is 14.3. The molecule has 2 aliphatic rings. The highest BCUT2D eigenvalue weighted by Crippen LogP contribution is 2.31. The molecule has 0 aliphatic carbocycles. The van der Waals surface area contributed by atoms with Gasteiger partial charge in [0.15, 0.2) is 5.17 Å². The van der Waals surface area contributed by atoms with E-state index in [4.69, 9.17) is 10.00 Å². The number of benzene rings is 1. The SMILES string of the molecule is COc1ccccc1N1C=CN2C(SCC#N)=NNC2C1=O. The van der Waals surface area contributed by atoms with Crippen LogP contribution in [0.1, 0.15) is 0 Å². The van der Waals surface area contributed by atoms with Crippen molar-refractivity contribution in [2.45, 2.75) is 6.17 Å². The summed E-state index contributed by atoms with van der Waals surface area (Å²) in [6.07, 6.45) is 2.84. The summed E-state index contributed by atoms with van der Waals surface area (Å²) in [6.45, 7) is 0. The summed E-state index contributed by atoms with van der Waals surface area (Å²) in [5, 5.41) is 13.4. The molecule has 2 aliphatic heterocycles. The number of ether oxygens (including phenoxy) is 1. The van der Waals surface area contributed by atoms with Crippen molar-refractivity contribution in [2.24, 2.45) is 5.10 Å². The second-order valence-corrected chi connectivity index (χ2v) is 5.40. The van der Waals surface area contributed by atoms with E-state index in [-0.39, 0.29) is 11.7 Å². The Kier molecular flexibility index (Phi) is 3.89. The Bertz CT molecular complexity index is 697. The number of methoxy groups -OCH3 is 1. The van der Waals surface area contributed by atoms with Gasteiger partial charge in [0.2, 0.25) is 6.17 Å². The lowest BCUT2D eigenvalue weighted by atomic mass is 10.2. The van der Waals surface area contributed by atoms with E-state index in [1.807, 2.05) is 24.3 Å². The van der Waals surface area contributed by atoms with Crippen LogP contribution in [0, 0.1) is 11.3 Å². The molecule has 1 N–H and O–H groups in total. The van der Waals surface area contributed by atoms with E-state index >= 15 is 0 Å². The molecular formula is C14H13N5O2S. The van der Waals surface area contributed by atoms with Gasteiger partial charge in [0.25, 0.3) is 5.91 Å². The Balaban J connectivity index is 1.86. The smallest absolute Gasteiger partial charge is 0.276 e. The fourth-order valence-corrected chi connectivity index (χ4v) is 2.87. The lowest BCUT2D eigenvalue weighted by Gasteiger charge is -2.32. The fourth-order valence-electron chi connectivity index (χ4n) is 2.25. The number of para-hydroxylation sites is 2. The average Bonchev–Trinajstić information content (AvgIpc) is 2.97. The number of carbonyl (C=O) groups is 1. The van der Waals surface area contributed by atoms with Crippen LogP contribution in [0.15, 0.2) is 41.8 Å². The molecule has 1 aromatic rings. The Hall–Kier alpha value is -2.66. The number of hydrogen-bond acceptors (Lipinski definition) is 7. The first-order chi connectivity index (χ1) is 10.8. The van der Waals surface area contributed by atoms with E-state index < -0.39 is 6.17 Å². The molecule has 7 nitrogen and oxygen atoms in total. The first-order valence-corrected chi connectivity index (χ1v) is 7.50. The summed E-state index contributed by atoms with van der Waals surface area (Å²) in [5.41, 5.74) is 3.48. The van der Waals surface area contributed by atoms with Gasteiger partial charge in [-0.15, -0.1) is 0 Å². The van der Waals surface area contributed by atoms with Crippen molar-refractivity contribution in [2.75, 3.05) is 17.8 Å².